The van der Waals surface area contributed by atoms with Gasteiger partial charge in [-0.25, -0.2) is 9.18 Å². The van der Waals surface area contributed by atoms with Gasteiger partial charge in [0.15, 0.2) is 23.4 Å². The van der Waals surface area contributed by atoms with Gasteiger partial charge < -0.3 is 20.1 Å². The number of aromatic hydroxyl groups is 2. The van der Waals surface area contributed by atoms with Gasteiger partial charge in [-0.1, -0.05) is 0 Å². The molecule has 1 aromatic carbocycles. The first-order chi connectivity index (χ1) is 6.99. The van der Waals surface area contributed by atoms with Crippen LogP contribution in [0.5, 0.6) is 11.5 Å². The quantitative estimate of drug-likeness (QED) is 0.493. The number of halogens is 1. The Labute approximate surface area is 84.3 Å². The van der Waals surface area contributed by atoms with E-state index >= 15 is 0 Å². The van der Waals surface area contributed by atoms with E-state index < -0.39 is 29.4 Å². The minimum Gasteiger partial charge on any atom is -0.504 e. The van der Waals surface area contributed by atoms with E-state index in [-0.39, 0.29) is 5.56 Å². The third-order valence-corrected chi connectivity index (χ3v) is 1.85. The van der Waals surface area contributed by atoms with Gasteiger partial charge in [0.25, 0.3) is 0 Å². The molecule has 0 saturated heterocycles. The maximum absolute atomic E-state index is 12.7. The van der Waals surface area contributed by atoms with Crippen LogP contribution in [0.4, 0.5) is 4.39 Å². The lowest BCUT2D eigenvalue weighted by atomic mass is 10.1. The maximum Gasteiger partial charge on any atom is 0.339 e. The molecule has 5 nitrogen and oxygen atoms in total. The smallest absolute Gasteiger partial charge is 0.339 e. The number of aliphatic hydroxyl groups is 1. The van der Waals surface area contributed by atoms with Crippen molar-refractivity contribution in [1.29, 1.82) is 0 Å². The van der Waals surface area contributed by atoms with E-state index in [9.17, 15) is 19.4 Å². The van der Waals surface area contributed by atoms with Crippen molar-refractivity contribution in [2.75, 3.05) is 7.11 Å². The zero-order chi connectivity index (χ0) is 11.6. The number of hydrogen-bond donors (Lipinski definition) is 3. The Bertz CT molecular complexity index is 390. The van der Waals surface area contributed by atoms with Gasteiger partial charge >= 0.3 is 5.97 Å². The van der Waals surface area contributed by atoms with Crippen LogP contribution < -0.4 is 0 Å². The van der Waals surface area contributed by atoms with Gasteiger partial charge in [-0.15, -0.1) is 0 Å². The van der Waals surface area contributed by atoms with E-state index in [4.69, 9.17) is 5.11 Å². The third kappa shape index (κ3) is 1.99. The molecule has 0 amide bonds. The monoisotopic (exact) mass is 216 g/mol. The van der Waals surface area contributed by atoms with Gasteiger partial charge in [-0.2, -0.15) is 0 Å². The van der Waals surface area contributed by atoms with E-state index in [0.717, 1.165) is 19.2 Å². The minimum absolute atomic E-state index is 0.319. The normalized spacial score (nSPS) is 12.2. The van der Waals surface area contributed by atoms with Crippen molar-refractivity contribution in [3.8, 4) is 11.5 Å². The first kappa shape index (κ1) is 11.3. The zero-order valence-electron chi connectivity index (χ0n) is 7.77. The maximum atomic E-state index is 12.7. The molecule has 6 heteroatoms. The molecule has 0 heterocycles. The number of aliphatic hydroxyl groups excluding tert-OH is 1. The molecular weight excluding hydrogens is 207 g/mol. The predicted octanol–water partition coefficient (Wildman–Crippen LogP) is 0.443. The average molecular weight is 216 g/mol. The molecule has 0 radical (unpaired) electrons. The minimum atomic E-state index is -1.76. The van der Waals surface area contributed by atoms with E-state index in [1.54, 1.807) is 0 Å². The molecule has 1 rings (SSSR count). The number of ether oxygens (including phenoxy) is 1. The molecule has 0 spiro atoms. The summed E-state index contributed by atoms with van der Waals surface area (Å²) in [4.78, 5) is 10.9. The van der Waals surface area contributed by atoms with Crippen LogP contribution in [0.2, 0.25) is 0 Å². The summed E-state index contributed by atoms with van der Waals surface area (Å²) in [7, 11) is 1.05. The molecule has 1 unspecified atom stereocenters. The second-order valence-corrected chi connectivity index (χ2v) is 2.76. The predicted molar refractivity (Wildman–Crippen MR) is 46.7 cm³/mol. The Morgan fingerprint density at radius 2 is 2.00 bits per heavy atom. The van der Waals surface area contributed by atoms with Gasteiger partial charge in [-0.05, 0) is 12.1 Å². The Balaban J connectivity index is 3.16. The molecule has 82 valence electrons. The Hall–Kier alpha value is -1.82. The summed E-state index contributed by atoms with van der Waals surface area (Å²) >= 11 is 0. The van der Waals surface area contributed by atoms with Crippen LogP contribution in [0.3, 0.4) is 0 Å². The highest BCUT2D eigenvalue weighted by Gasteiger charge is 2.24. The molecule has 0 aliphatic rings. The number of carbonyl (C=O) groups is 1. The number of methoxy groups -OCH3 is 1. The van der Waals surface area contributed by atoms with Gasteiger partial charge in [-0.3, -0.25) is 0 Å². The number of phenolic OH excluding ortho intramolecular Hbond substituents is 2. The average Bonchev–Trinajstić information content (AvgIpc) is 2.24. The van der Waals surface area contributed by atoms with Crippen LogP contribution >= 0.6 is 0 Å². The van der Waals surface area contributed by atoms with Crippen molar-refractivity contribution in [3.05, 3.63) is 23.5 Å². The second kappa shape index (κ2) is 4.14. The Morgan fingerprint density at radius 1 is 1.40 bits per heavy atom. The zero-order valence-corrected chi connectivity index (χ0v) is 7.77. The van der Waals surface area contributed by atoms with Crippen molar-refractivity contribution in [2.24, 2.45) is 0 Å². The van der Waals surface area contributed by atoms with Gasteiger partial charge in [0, 0.05) is 5.56 Å². The van der Waals surface area contributed by atoms with Gasteiger partial charge in [0.1, 0.15) is 0 Å². The van der Waals surface area contributed by atoms with E-state index in [2.05, 4.69) is 4.74 Å². The number of benzene rings is 1. The fraction of sp³-hybridized carbons (Fsp3) is 0.222. The van der Waals surface area contributed by atoms with Crippen LogP contribution in [-0.4, -0.2) is 28.4 Å². The highest BCUT2D eigenvalue weighted by Crippen LogP contribution is 2.35. The number of hydrogen-bond acceptors (Lipinski definition) is 5. The summed E-state index contributed by atoms with van der Waals surface area (Å²) in [6.45, 7) is 0. The van der Waals surface area contributed by atoms with Crippen molar-refractivity contribution >= 4 is 5.97 Å². The molecule has 1 aromatic rings. The molecule has 0 bridgehead atoms. The number of rotatable bonds is 2. The first-order valence-electron chi connectivity index (χ1n) is 3.95. The summed E-state index contributed by atoms with van der Waals surface area (Å²) in [6.07, 6.45) is -1.76. The lowest BCUT2D eigenvalue weighted by molar-refractivity contribution is -0.150. The van der Waals surface area contributed by atoms with Crippen molar-refractivity contribution in [2.45, 2.75) is 6.10 Å². The number of esters is 1. The first-order valence-corrected chi connectivity index (χ1v) is 3.95. The van der Waals surface area contributed by atoms with E-state index in [0.29, 0.717) is 0 Å². The van der Waals surface area contributed by atoms with Crippen molar-refractivity contribution < 1.29 is 29.2 Å². The summed E-state index contributed by atoms with van der Waals surface area (Å²) in [5, 5.41) is 27.6. The van der Waals surface area contributed by atoms with E-state index in [1.807, 2.05) is 0 Å². The molecule has 3 N–H and O–H groups in total. The van der Waals surface area contributed by atoms with E-state index in [1.165, 1.54) is 0 Å². The second-order valence-electron chi connectivity index (χ2n) is 2.76. The molecule has 0 fully saturated rings. The molecule has 1 atom stereocenters. The Kier molecular flexibility index (Phi) is 3.11. The van der Waals surface area contributed by atoms with Crippen LogP contribution in [0.25, 0.3) is 0 Å². The van der Waals surface area contributed by atoms with Crippen LogP contribution in [0.1, 0.15) is 11.7 Å². The third-order valence-electron chi connectivity index (χ3n) is 1.85. The van der Waals surface area contributed by atoms with Gasteiger partial charge in [0.05, 0.1) is 7.11 Å². The van der Waals surface area contributed by atoms with Crippen molar-refractivity contribution in [3.63, 3.8) is 0 Å². The lowest BCUT2D eigenvalue weighted by Crippen LogP contribution is -2.13. The topological polar surface area (TPSA) is 87.0 Å². The van der Waals surface area contributed by atoms with Crippen LogP contribution in [-0.2, 0) is 9.53 Å². The fourth-order valence-corrected chi connectivity index (χ4v) is 1.03. The van der Waals surface area contributed by atoms with Crippen molar-refractivity contribution in [1.82, 2.24) is 0 Å². The molecule has 0 saturated carbocycles. The molecule has 0 aliphatic heterocycles. The highest BCUT2D eigenvalue weighted by molar-refractivity contribution is 5.77. The Morgan fingerprint density at radius 3 is 2.53 bits per heavy atom. The van der Waals surface area contributed by atoms with Crippen LogP contribution in [0, 0.1) is 5.82 Å². The standard InChI is InChI=1S/C9H9FO5/c1-15-9(14)7(12)4-2-3-5(10)8(13)6(4)11/h2-3,7,11-13H,1H3. The number of phenols is 2. The molecule has 15 heavy (non-hydrogen) atoms. The summed E-state index contributed by atoms with van der Waals surface area (Å²) in [6, 6.07) is 1.79. The van der Waals surface area contributed by atoms with Gasteiger partial charge in [0.2, 0.25) is 0 Å². The summed E-state index contributed by atoms with van der Waals surface area (Å²) < 4.78 is 16.9. The largest absolute Gasteiger partial charge is 0.504 e. The highest BCUT2D eigenvalue weighted by atomic mass is 19.1. The SMILES string of the molecule is COC(=O)C(O)c1ccc(F)c(O)c1O. The molecule has 0 aromatic heterocycles. The fourth-order valence-electron chi connectivity index (χ4n) is 1.03. The lowest BCUT2D eigenvalue weighted by Gasteiger charge is -2.11. The van der Waals surface area contributed by atoms with Crippen LogP contribution in [0.15, 0.2) is 12.1 Å². The number of carbonyl (C=O) groups excluding carboxylic acids is 1. The molecular formula is C9H9FO5. The molecule has 0 aliphatic carbocycles. The summed E-state index contributed by atoms with van der Waals surface area (Å²) in [5.41, 5.74) is -0.319. The summed E-state index contributed by atoms with van der Waals surface area (Å²) in [5.74, 6) is -3.96.